The van der Waals surface area contributed by atoms with E-state index in [9.17, 15) is 4.79 Å². The Bertz CT molecular complexity index is 460. The van der Waals surface area contributed by atoms with Crippen molar-refractivity contribution in [3.63, 3.8) is 0 Å². The molecule has 1 aliphatic rings. The van der Waals surface area contributed by atoms with Crippen molar-refractivity contribution in [2.24, 2.45) is 5.92 Å². The molecule has 1 saturated carbocycles. The van der Waals surface area contributed by atoms with Crippen molar-refractivity contribution in [2.75, 3.05) is 13.7 Å². The third-order valence-electron chi connectivity index (χ3n) is 3.37. The molecule has 1 atom stereocenters. The number of hydrogen-bond donors (Lipinski definition) is 2. The number of rotatable bonds is 6. The van der Waals surface area contributed by atoms with Crippen LogP contribution in [0.2, 0.25) is 5.02 Å². The molecule has 0 radical (unpaired) electrons. The molecule has 0 aliphatic heterocycles. The number of amides is 1. The van der Waals surface area contributed by atoms with Crippen molar-refractivity contribution in [3.05, 3.63) is 28.8 Å². The number of halogens is 1. The van der Waals surface area contributed by atoms with E-state index in [4.69, 9.17) is 21.4 Å². The summed E-state index contributed by atoms with van der Waals surface area (Å²) in [5, 5.41) is 12.4. The third kappa shape index (κ3) is 3.39. The predicted octanol–water partition coefficient (Wildman–Crippen LogP) is 2.24. The normalized spacial score (nSPS) is 15.9. The monoisotopic (exact) mass is 283 g/mol. The number of aliphatic hydroxyl groups is 1. The highest BCUT2D eigenvalue weighted by Gasteiger charge is 2.32. The quantitative estimate of drug-likeness (QED) is 0.842. The Morgan fingerprint density at radius 1 is 1.58 bits per heavy atom. The first-order valence-corrected chi connectivity index (χ1v) is 6.79. The van der Waals surface area contributed by atoms with Crippen LogP contribution in [0.15, 0.2) is 18.2 Å². The van der Waals surface area contributed by atoms with Crippen molar-refractivity contribution in [2.45, 2.75) is 25.3 Å². The van der Waals surface area contributed by atoms with E-state index in [0.29, 0.717) is 28.7 Å². The molecule has 104 valence electrons. The van der Waals surface area contributed by atoms with Gasteiger partial charge in [0.1, 0.15) is 5.75 Å². The summed E-state index contributed by atoms with van der Waals surface area (Å²) in [6.07, 6.45) is 2.78. The summed E-state index contributed by atoms with van der Waals surface area (Å²) in [7, 11) is 1.51. The van der Waals surface area contributed by atoms with Gasteiger partial charge in [0.15, 0.2) is 0 Å². The van der Waals surface area contributed by atoms with E-state index in [1.165, 1.54) is 7.11 Å². The minimum absolute atomic E-state index is 0.0125. The largest absolute Gasteiger partial charge is 0.496 e. The van der Waals surface area contributed by atoms with Crippen LogP contribution < -0.4 is 10.1 Å². The summed E-state index contributed by atoms with van der Waals surface area (Å²) < 4.78 is 5.17. The maximum Gasteiger partial charge on any atom is 0.256 e. The van der Waals surface area contributed by atoms with Crippen LogP contribution in [0.1, 0.15) is 29.6 Å². The first-order valence-electron chi connectivity index (χ1n) is 6.41. The van der Waals surface area contributed by atoms with Gasteiger partial charge in [0.05, 0.1) is 17.7 Å². The standard InChI is InChI=1S/C14H18ClNO3/c1-19-12-4-2-3-10(15)13(12)14(18)16-11(7-8-17)9-5-6-9/h2-4,9,11,17H,5-8H2,1H3,(H,16,18). The summed E-state index contributed by atoms with van der Waals surface area (Å²) in [5.74, 6) is 0.695. The zero-order valence-electron chi connectivity index (χ0n) is 10.9. The highest BCUT2D eigenvalue weighted by Crippen LogP contribution is 2.34. The molecule has 1 aliphatic carbocycles. The van der Waals surface area contributed by atoms with E-state index in [2.05, 4.69) is 5.32 Å². The van der Waals surface area contributed by atoms with Gasteiger partial charge in [-0.3, -0.25) is 4.79 Å². The second-order valence-corrected chi connectivity index (χ2v) is 5.15. The van der Waals surface area contributed by atoms with Crippen molar-refractivity contribution in [1.29, 1.82) is 0 Å². The number of carbonyl (C=O) groups is 1. The second-order valence-electron chi connectivity index (χ2n) is 4.75. The molecule has 19 heavy (non-hydrogen) atoms. The molecule has 0 spiro atoms. The average Bonchev–Trinajstić information content (AvgIpc) is 3.21. The molecule has 4 nitrogen and oxygen atoms in total. The molecule has 0 bridgehead atoms. The number of ether oxygens (including phenoxy) is 1. The van der Waals surface area contributed by atoms with Crippen LogP contribution in [0, 0.1) is 5.92 Å². The van der Waals surface area contributed by atoms with Gasteiger partial charge in [0.25, 0.3) is 5.91 Å². The fourth-order valence-corrected chi connectivity index (χ4v) is 2.45. The SMILES string of the molecule is COc1cccc(Cl)c1C(=O)NC(CCO)C1CC1. The van der Waals surface area contributed by atoms with E-state index in [1.807, 2.05) is 0 Å². The zero-order valence-corrected chi connectivity index (χ0v) is 11.6. The number of hydrogen-bond acceptors (Lipinski definition) is 3. The van der Waals surface area contributed by atoms with E-state index in [0.717, 1.165) is 12.8 Å². The molecule has 1 amide bonds. The Balaban J connectivity index is 2.14. The number of aliphatic hydroxyl groups excluding tert-OH is 1. The van der Waals surface area contributed by atoms with Crippen LogP contribution in [-0.2, 0) is 0 Å². The third-order valence-corrected chi connectivity index (χ3v) is 3.68. The van der Waals surface area contributed by atoms with Crippen molar-refractivity contribution in [1.82, 2.24) is 5.32 Å². The molecule has 5 heteroatoms. The zero-order chi connectivity index (χ0) is 13.8. The lowest BCUT2D eigenvalue weighted by molar-refractivity contribution is 0.0921. The first-order chi connectivity index (χ1) is 9.17. The Hall–Kier alpha value is -1.26. The molecular weight excluding hydrogens is 266 g/mol. The van der Waals surface area contributed by atoms with E-state index in [-0.39, 0.29) is 18.6 Å². The molecule has 1 aromatic rings. The summed E-state index contributed by atoms with van der Waals surface area (Å²) in [4.78, 5) is 12.3. The van der Waals surface area contributed by atoms with E-state index in [1.54, 1.807) is 18.2 Å². The van der Waals surface area contributed by atoms with Gasteiger partial charge in [-0.05, 0) is 37.3 Å². The van der Waals surface area contributed by atoms with E-state index >= 15 is 0 Å². The minimum Gasteiger partial charge on any atom is -0.496 e. The highest BCUT2D eigenvalue weighted by molar-refractivity contribution is 6.34. The molecule has 1 aromatic carbocycles. The number of methoxy groups -OCH3 is 1. The van der Waals surface area contributed by atoms with Gasteiger partial charge in [-0.2, -0.15) is 0 Å². The predicted molar refractivity (Wildman–Crippen MR) is 73.7 cm³/mol. The fourth-order valence-electron chi connectivity index (χ4n) is 2.20. The molecule has 0 saturated heterocycles. The van der Waals surface area contributed by atoms with Crippen molar-refractivity contribution >= 4 is 17.5 Å². The Morgan fingerprint density at radius 2 is 2.32 bits per heavy atom. The molecular formula is C14H18ClNO3. The van der Waals surface area contributed by atoms with Crippen LogP contribution in [0.4, 0.5) is 0 Å². The topological polar surface area (TPSA) is 58.6 Å². The van der Waals surface area contributed by atoms with Gasteiger partial charge in [0.2, 0.25) is 0 Å². The summed E-state index contributed by atoms with van der Waals surface area (Å²) >= 11 is 6.07. The number of carbonyl (C=O) groups excluding carboxylic acids is 1. The van der Waals surface area contributed by atoms with Crippen LogP contribution in [0.5, 0.6) is 5.75 Å². The first kappa shape index (κ1) is 14.2. The van der Waals surface area contributed by atoms with Gasteiger partial charge in [-0.1, -0.05) is 17.7 Å². The van der Waals surface area contributed by atoms with Crippen LogP contribution in [-0.4, -0.2) is 30.8 Å². The fraction of sp³-hybridized carbons (Fsp3) is 0.500. The van der Waals surface area contributed by atoms with Crippen LogP contribution >= 0.6 is 11.6 Å². The van der Waals surface area contributed by atoms with Gasteiger partial charge >= 0.3 is 0 Å². The average molecular weight is 284 g/mol. The van der Waals surface area contributed by atoms with Crippen molar-refractivity contribution in [3.8, 4) is 5.75 Å². The van der Waals surface area contributed by atoms with Gasteiger partial charge in [-0.15, -0.1) is 0 Å². The second kappa shape index (κ2) is 6.26. The minimum atomic E-state index is -0.243. The Morgan fingerprint density at radius 3 is 2.89 bits per heavy atom. The molecule has 2 rings (SSSR count). The molecule has 0 heterocycles. The summed E-state index contributed by atoms with van der Waals surface area (Å²) in [6.45, 7) is 0.0705. The lowest BCUT2D eigenvalue weighted by Gasteiger charge is -2.18. The smallest absolute Gasteiger partial charge is 0.256 e. The Labute approximate surface area is 117 Å². The van der Waals surface area contributed by atoms with Crippen molar-refractivity contribution < 1.29 is 14.6 Å². The maximum atomic E-state index is 12.3. The van der Waals surface area contributed by atoms with Gasteiger partial charge < -0.3 is 15.2 Å². The van der Waals surface area contributed by atoms with Gasteiger partial charge in [-0.25, -0.2) is 0 Å². The number of benzene rings is 1. The highest BCUT2D eigenvalue weighted by atomic mass is 35.5. The molecule has 1 unspecified atom stereocenters. The molecule has 2 N–H and O–H groups in total. The molecule has 1 fully saturated rings. The van der Waals surface area contributed by atoms with E-state index < -0.39 is 0 Å². The lowest BCUT2D eigenvalue weighted by Crippen LogP contribution is -2.37. The van der Waals surface area contributed by atoms with Gasteiger partial charge in [0, 0.05) is 12.6 Å². The number of nitrogens with one attached hydrogen (secondary N) is 1. The Kier molecular flexibility index (Phi) is 4.66. The van der Waals surface area contributed by atoms with Crippen LogP contribution in [0.3, 0.4) is 0 Å². The lowest BCUT2D eigenvalue weighted by atomic mass is 10.1. The molecule has 0 aromatic heterocycles. The maximum absolute atomic E-state index is 12.3. The summed E-state index contributed by atoms with van der Waals surface area (Å²) in [5.41, 5.74) is 0.357. The van der Waals surface area contributed by atoms with Crippen LogP contribution in [0.25, 0.3) is 0 Å². The summed E-state index contributed by atoms with van der Waals surface area (Å²) in [6, 6.07) is 5.12.